The van der Waals surface area contributed by atoms with Gasteiger partial charge in [-0.05, 0) is 0 Å². The fourth-order valence-corrected chi connectivity index (χ4v) is 8.00. The molecule has 4 aliphatic rings. The van der Waals surface area contributed by atoms with Gasteiger partial charge in [0.05, 0.1) is 13.2 Å². The zero-order valence-corrected chi connectivity index (χ0v) is 35.0. The molecular weight excluding hydrogens is 972 g/mol. The summed E-state index contributed by atoms with van der Waals surface area (Å²) in [4.78, 5) is 49.1. The number of amides is 2. The molecule has 3 fully saturated rings. The van der Waals surface area contributed by atoms with Crippen LogP contribution in [-0.2, 0) is 96.1 Å². The van der Waals surface area contributed by atoms with Crippen LogP contribution in [0.5, 0.6) is 0 Å². The lowest BCUT2D eigenvalue weighted by molar-refractivity contribution is -0.362. The van der Waals surface area contributed by atoms with E-state index in [0.29, 0.717) is 0 Å². The van der Waals surface area contributed by atoms with E-state index in [0.717, 1.165) is 13.8 Å². The number of carboxylic acids is 2. The Labute approximate surface area is 363 Å². The third-order valence-electron chi connectivity index (χ3n) is 9.29. The number of carbonyl (C=O) groups is 4. The summed E-state index contributed by atoms with van der Waals surface area (Å²) in [6.07, 6.45) is -39.4. The minimum absolute atomic E-state index is 0.772. The molecule has 18 atom stereocenters. The number of nitrogens with one attached hydrogen (secondary N) is 2. The molecule has 0 saturated carbocycles. The van der Waals surface area contributed by atoms with Gasteiger partial charge >= 0.3 is 43.1 Å². The van der Waals surface area contributed by atoms with E-state index in [1.54, 1.807) is 0 Å². The van der Waals surface area contributed by atoms with Gasteiger partial charge in [-0.2, -0.15) is 25.3 Å². The van der Waals surface area contributed by atoms with Gasteiger partial charge in [-0.25, -0.2) is 22.1 Å². The summed E-state index contributed by atoms with van der Waals surface area (Å²) in [5, 5.41) is 99.0. The molecule has 0 bridgehead atoms. The summed E-state index contributed by atoms with van der Waals surface area (Å²) in [6, 6.07) is -4.18. The molecule has 2 amide bonds. The lowest BCUT2D eigenvalue weighted by Gasteiger charge is -2.49. The van der Waals surface area contributed by atoms with Crippen LogP contribution in [0, 0.1) is 0 Å². The second kappa shape index (κ2) is 21.1. The molecule has 34 nitrogen and oxygen atoms in total. The highest BCUT2D eigenvalue weighted by Gasteiger charge is 2.58. The van der Waals surface area contributed by atoms with Crippen LogP contribution in [0.4, 0.5) is 0 Å². The molecule has 4 aliphatic heterocycles. The van der Waals surface area contributed by atoms with E-state index >= 15 is 0 Å². The normalized spacial score (nSPS) is 38.3. The number of carboxylic acid groups (broad SMARTS) is 2. The zero-order valence-electron chi connectivity index (χ0n) is 32.6. The molecule has 1 unspecified atom stereocenters. The van der Waals surface area contributed by atoms with Gasteiger partial charge in [-0.1, -0.05) is 0 Å². The van der Waals surface area contributed by atoms with Crippen molar-refractivity contribution in [2.24, 2.45) is 0 Å². The Morgan fingerprint density at radius 2 is 1.17 bits per heavy atom. The Hall–Kier alpha value is -3.65. The third-order valence-corrected chi connectivity index (χ3v) is 10.7. The predicted molar refractivity (Wildman–Crippen MR) is 189 cm³/mol. The third kappa shape index (κ3) is 13.7. The standard InChI is InChI=1S/C28H42N2O32S3/c1-5(32)29-9-18(16(61-64(47,48)49)7(3-31)54-25(9)43)57-27-15(38)14(37)19(22(60-27)24(41)42)58-26-10(30-6(2)33)17(11(34)8(55-26)4-53-63(44,45)46)56-28-21(62-65(50,51)52)13(36)12(35)20(59-28)23(39)40/h7-11,13-19,21-22,25-28,31,34-38,43H,3-4H2,1-2H3,(H,29,32)(H,30,33)(H,39,40)(H,41,42)(H,44,45,46)(H,47,48,49)(H,50,51,52)/t7-,8-,9-,10-,11+,13+,14-,15-,16+,17-,18-,19+,21-,22+,25?,26+,27-,28-/m1/s1. The largest absolute Gasteiger partial charge is 0.506 e. The van der Waals surface area contributed by atoms with Crippen molar-refractivity contribution in [1.29, 1.82) is 0 Å². The highest BCUT2D eigenvalue weighted by molar-refractivity contribution is 7.81. The van der Waals surface area contributed by atoms with Gasteiger partial charge in [-0.3, -0.25) is 23.2 Å². The second-order valence-corrected chi connectivity index (χ2v) is 17.1. The monoisotopic (exact) mass is 1010 g/mol. The molecule has 0 aromatic heterocycles. The van der Waals surface area contributed by atoms with Crippen LogP contribution < -0.4 is 10.6 Å². The van der Waals surface area contributed by atoms with Crippen molar-refractivity contribution in [1.82, 2.24) is 10.6 Å². The van der Waals surface area contributed by atoms with Crippen LogP contribution in [0.15, 0.2) is 11.5 Å². The smallest absolute Gasteiger partial charge is 0.397 e. The van der Waals surface area contributed by atoms with Gasteiger partial charge in [0.1, 0.15) is 73.1 Å². The first-order valence-corrected chi connectivity index (χ1v) is 21.9. The molecule has 4 rings (SSSR count). The minimum Gasteiger partial charge on any atom is -0.506 e. The maximum atomic E-state index is 12.7. The van der Waals surface area contributed by atoms with Gasteiger partial charge in [0, 0.05) is 13.8 Å². The molecule has 0 aliphatic carbocycles. The van der Waals surface area contributed by atoms with Gasteiger partial charge in [0.15, 0.2) is 36.8 Å². The van der Waals surface area contributed by atoms with Crippen molar-refractivity contribution in [3.05, 3.63) is 11.5 Å². The average molecular weight is 1010 g/mol. The maximum Gasteiger partial charge on any atom is 0.397 e. The molecule has 0 spiro atoms. The molecular formula is C28H42N2O32S3. The SMILES string of the molecule is CC(=O)N[C@H]1[C@H](O[C@H]2[C@H](O)[C@@H](O)[C@H](O[C@H]3[C@@H](OS(=O)(=O)O)[C@@H](CO)OC(O)[C@@H]3NC(C)=O)O[C@@H]2C(=O)O)O[C@H](COS(=O)(=O)O)[C@H](O)[C@@H]1O[C@@H]1OC(C(=O)O)=C(O)[C@H](O)[C@H]1OS(=O)(=O)O. The number of aliphatic carboxylic acids is 2. The Bertz CT molecular complexity index is 2120. The van der Waals surface area contributed by atoms with Crippen LogP contribution >= 0.6 is 0 Å². The Morgan fingerprint density at radius 1 is 0.631 bits per heavy atom. The van der Waals surface area contributed by atoms with Crippen LogP contribution in [0.1, 0.15) is 13.8 Å². The molecule has 0 aromatic carbocycles. The lowest BCUT2D eigenvalue weighted by atomic mass is 9.94. The van der Waals surface area contributed by atoms with Gasteiger partial charge < -0.3 is 89.8 Å². The molecule has 374 valence electrons. The molecule has 65 heavy (non-hydrogen) atoms. The van der Waals surface area contributed by atoms with Crippen molar-refractivity contribution >= 4 is 54.9 Å². The summed E-state index contributed by atoms with van der Waals surface area (Å²) in [5.74, 6) is -9.57. The van der Waals surface area contributed by atoms with Crippen molar-refractivity contribution in [3.8, 4) is 0 Å². The van der Waals surface area contributed by atoms with Gasteiger partial charge in [-0.15, -0.1) is 0 Å². The molecule has 37 heteroatoms. The second-order valence-electron chi connectivity index (χ2n) is 13.9. The Balaban J connectivity index is 1.77. The van der Waals surface area contributed by atoms with E-state index in [2.05, 4.69) is 23.2 Å². The minimum atomic E-state index is -5.69. The molecule has 3 saturated heterocycles. The maximum absolute atomic E-state index is 12.7. The number of ether oxygens (including phenoxy) is 7. The number of hydrogen-bond donors (Lipinski definition) is 14. The van der Waals surface area contributed by atoms with Crippen LogP contribution in [0.3, 0.4) is 0 Å². The van der Waals surface area contributed by atoms with Gasteiger partial charge in [0.25, 0.3) is 0 Å². The number of hydrogen-bond acceptors (Lipinski definition) is 27. The van der Waals surface area contributed by atoms with Crippen LogP contribution in [0.25, 0.3) is 0 Å². The quantitative estimate of drug-likeness (QED) is 0.0567. The van der Waals surface area contributed by atoms with E-state index in [4.69, 9.17) is 33.2 Å². The summed E-state index contributed by atoms with van der Waals surface area (Å²) in [5.41, 5.74) is 0. The Morgan fingerprint density at radius 3 is 1.68 bits per heavy atom. The number of aliphatic hydroxyl groups is 7. The van der Waals surface area contributed by atoms with E-state index in [9.17, 15) is 104 Å². The summed E-state index contributed by atoms with van der Waals surface area (Å²) >= 11 is 0. The number of aliphatic hydroxyl groups excluding tert-OH is 7. The molecule has 14 N–H and O–H groups in total. The van der Waals surface area contributed by atoms with Crippen molar-refractivity contribution in [2.45, 2.75) is 124 Å². The van der Waals surface area contributed by atoms with Crippen LogP contribution in [-0.4, -0.2) is 232 Å². The van der Waals surface area contributed by atoms with E-state index in [-0.39, 0.29) is 0 Å². The first-order valence-electron chi connectivity index (χ1n) is 17.8. The average Bonchev–Trinajstić information content (AvgIpc) is 3.16. The summed E-state index contributed by atoms with van der Waals surface area (Å²) in [6.45, 7) is -1.01. The Kier molecular flexibility index (Phi) is 17.5. The van der Waals surface area contributed by atoms with E-state index in [1.807, 2.05) is 0 Å². The lowest BCUT2D eigenvalue weighted by Crippen LogP contribution is -2.70. The fraction of sp³-hybridized carbons (Fsp3) is 0.786. The number of rotatable bonds is 18. The molecule has 0 radical (unpaired) electrons. The first-order chi connectivity index (χ1) is 29.8. The van der Waals surface area contributed by atoms with E-state index < -0.39 is 190 Å². The molecule has 0 aromatic rings. The van der Waals surface area contributed by atoms with E-state index in [1.165, 1.54) is 0 Å². The number of carbonyl (C=O) groups excluding carboxylic acids is 2. The van der Waals surface area contributed by atoms with Crippen molar-refractivity contribution in [2.75, 3.05) is 13.2 Å². The fourth-order valence-electron chi connectivity index (χ4n) is 6.70. The molecule has 4 heterocycles. The highest BCUT2D eigenvalue weighted by atomic mass is 32.3. The van der Waals surface area contributed by atoms with Gasteiger partial charge in [0.2, 0.25) is 23.9 Å². The summed E-state index contributed by atoms with van der Waals surface area (Å²) in [7, 11) is -16.6. The van der Waals surface area contributed by atoms with Crippen molar-refractivity contribution < 1.29 is 150 Å². The summed E-state index contributed by atoms with van der Waals surface area (Å²) < 4.78 is 148. The predicted octanol–water partition coefficient (Wildman–Crippen LogP) is -8.76. The zero-order chi connectivity index (χ0) is 49.3. The first kappa shape index (κ1) is 54.0. The van der Waals surface area contributed by atoms with Crippen LogP contribution in [0.2, 0.25) is 0 Å². The van der Waals surface area contributed by atoms with Crippen molar-refractivity contribution in [3.63, 3.8) is 0 Å². The topological polar surface area (TPSA) is 530 Å². The highest BCUT2D eigenvalue weighted by Crippen LogP contribution is 2.36.